The Morgan fingerprint density at radius 2 is 2.14 bits per heavy atom. The van der Waals surface area contributed by atoms with Gasteiger partial charge in [0.05, 0.1) is 17.8 Å². The van der Waals surface area contributed by atoms with Crippen molar-refractivity contribution in [3.63, 3.8) is 0 Å². The second kappa shape index (κ2) is 6.78. The number of hydrogen-bond donors (Lipinski definition) is 1. The second-order valence-electron chi connectivity index (χ2n) is 6.72. The van der Waals surface area contributed by atoms with Gasteiger partial charge in [-0.2, -0.15) is 0 Å². The number of nitrogens with zero attached hydrogens (tertiary/aromatic N) is 2. The van der Waals surface area contributed by atoms with Crippen LogP contribution in [0.15, 0.2) is 67.1 Å². The normalized spacial score (nSPS) is 13.1. The summed E-state index contributed by atoms with van der Waals surface area (Å²) in [6, 6.07) is 14.5. The number of benzene rings is 2. The summed E-state index contributed by atoms with van der Waals surface area (Å²) >= 11 is 0. The van der Waals surface area contributed by atoms with Crippen molar-refractivity contribution in [1.82, 2.24) is 9.55 Å². The molecule has 0 radical (unpaired) electrons. The van der Waals surface area contributed by atoms with Crippen LogP contribution in [0.1, 0.15) is 11.1 Å². The van der Waals surface area contributed by atoms with Gasteiger partial charge in [-0.25, -0.2) is 4.39 Å². The average Bonchev–Trinajstić information content (AvgIpc) is 3.29. The van der Waals surface area contributed by atoms with E-state index in [0.29, 0.717) is 23.3 Å². The molecule has 1 N–H and O–H groups in total. The van der Waals surface area contributed by atoms with E-state index in [1.807, 2.05) is 42.6 Å². The first kappa shape index (κ1) is 17.0. The minimum atomic E-state index is -1.01. The van der Waals surface area contributed by atoms with Crippen molar-refractivity contribution in [2.75, 3.05) is 0 Å². The summed E-state index contributed by atoms with van der Waals surface area (Å²) in [5, 5.41) is 10.9. The van der Waals surface area contributed by atoms with Gasteiger partial charge in [-0.05, 0) is 53.5 Å². The molecule has 1 aliphatic rings. The molecule has 28 heavy (non-hydrogen) atoms. The second-order valence-corrected chi connectivity index (χ2v) is 6.72. The van der Waals surface area contributed by atoms with Crippen LogP contribution < -0.4 is 10.2 Å². The highest BCUT2D eigenvalue weighted by molar-refractivity contribution is 6.61. The van der Waals surface area contributed by atoms with Gasteiger partial charge in [-0.15, -0.1) is 0 Å². The van der Waals surface area contributed by atoms with E-state index < -0.39 is 7.12 Å². The lowest BCUT2D eigenvalue weighted by Gasteiger charge is -2.11. The van der Waals surface area contributed by atoms with Crippen molar-refractivity contribution in [1.29, 1.82) is 0 Å². The Balaban J connectivity index is 1.47. The van der Waals surface area contributed by atoms with Crippen LogP contribution in [0.2, 0.25) is 0 Å². The van der Waals surface area contributed by atoms with Crippen LogP contribution in [-0.4, -0.2) is 21.7 Å². The lowest BCUT2D eigenvalue weighted by Crippen LogP contribution is -2.28. The summed E-state index contributed by atoms with van der Waals surface area (Å²) in [5.41, 5.74) is 3.50. The van der Waals surface area contributed by atoms with Crippen LogP contribution in [0.5, 0.6) is 5.75 Å². The van der Waals surface area contributed by atoms with Gasteiger partial charge in [-0.1, -0.05) is 6.07 Å². The van der Waals surface area contributed by atoms with Gasteiger partial charge in [-0.3, -0.25) is 4.98 Å². The molecule has 7 heteroatoms. The van der Waals surface area contributed by atoms with Crippen LogP contribution in [0.4, 0.5) is 4.39 Å². The first-order chi connectivity index (χ1) is 13.7. The molecule has 5 rings (SSSR count). The standard InChI is InChI=1S/C21H16BFN2O3/c23-19-9-16-13-28-22(26)18(16)10-21(19)25-7-5-15-8-17(3-4-20(15)25)27-12-14-2-1-6-24-11-14/h1-11,26H,12-13H2. The zero-order valence-electron chi connectivity index (χ0n) is 14.9. The molecule has 0 bridgehead atoms. The zero-order chi connectivity index (χ0) is 19.1. The van der Waals surface area contributed by atoms with Gasteiger partial charge >= 0.3 is 7.12 Å². The van der Waals surface area contributed by atoms with E-state index in [1.54, 1.807) is 23.0 Å². The molecule has 0 saturated carbocycles. The van der Waals surface area contributed by atoms with E-state index in [9.17, 15) is 9.41 Å². The predicted molar refractivity (Wildman–Crippen MR) is 104 cm³/mol. The number of hydrogen-bond acceptors (Lipinski definition) is 4. The minimum absolute atomic E-state index is 0.220. The summed E-state index contributed by atoms with van der Waals surface area (Å²) in [6.45, 7) is 0.648. The third kappa shape index (κ3) is 2.94. The minimum Gasteiger partial charge on any atom is -0.489 e. The lowest BCUT2D eigenvalue weighted by atomic mass is 9.79. The molecule has 0 atom stereocenters. The van der Waals surface area contributed by atoms with E-state index in [0.717, 1.165) is 22.2 Å². The zero-order valence-corrected chi connectivity index (χ0v) is 14.9. The van der Waals surface area contributed by atoms with E-state index in [2.05, 4.69) is 4.98 Å². The van der Waals surface area contributed by atoms with Crippen LogP contribution >= 0.6 is 0 Å². The molecule has 0 spiro atoms. The first-order valence-corrected chi connectivity index (χ1v) is 8.94. The van der Waals surface area contributed by atoms with E-state index in [4.69, 9.17) is 9.39 Å². The quantitative estimate of drug-likeness (QED) is 0.558. The maximum atomic E-state index is 14.7. The van der Waals surface area contributed by atoms with Crippen molar-refractivity contribution in [3.8, 4) is 11.4 Å². The van der Waals surface area contributed by atoms with Gasteiger partial charge in [0.15, 0.2) is 0 Å². The number of aromatic nitrogens is 2. The van der Waals surface area contributed by atoms with Crippen LogP contribution in [-0.2, 0) is 17.9 Å². The Morgan fingerprint density at radius 3 is 3.00 bits per heavy atom. The molecule has 0 fully saturated rings. The number of pyridine rings is 1. The Bertz CT molecular complexity index is 1160. The van der Waals surface area contributed by atoms with Gasteiger partial charge in [0.1, 0.15) is 18.2 Å². The molecule has 2 aromatic heterocycles. The molecule has 5 nitrogen and oxygen atoms in total. The smallest absolute Gasteiger partial charge is 0.489 e. The third-order valence-electron chi connectivity index (χ3n) is 4.92. The third-order valence-corrected chi connectivity index (χ3v) is 4.92. The molecule has 0 saturated heterocycles. The molecule has 2 aromatic carbocycles. The van der Waals surface area contributed by atoms with Crippen LogP contribution in [0, 0.1) is 5.82 Å². The number of rotatable bonds is 4. The van der Waals surface area contributed by atoms with E-state index >= 15 is 0 Å². The topological polar surface area (TPSA) is 56.5 Å². The monoisotopic (exact) mass is 374 g/mol. The van der Waals surface area contributed by atoms with E-state index in [1.165, 1.54) is 6.07 Å². The SMILES string of the molecule is OB1OCc2cc(F)c(-n3ccc4cc(OCc5cccnc5)ccc43)cc21. The van der Waals surface area contributed by atoms with Gasteiger partial charge in [0.25, 0.3) is 0 Å². The van der Waals surface area contributed by atoms with Crippen molar-refractivity contribution in [2.45, 2.75) is 13.2 Å². The molecule has 0 amide bonds. The average molecular weight is 374 g/mol. The molecule has 138 valence electrons. The predicted octanol–water partition coefficient (Wildman–Crippen LogP) is 2.96. The molecular formula is C21H16BFN2O3. The van der Waals surface area contributed by atoms with Crippen LogP contribution in [0.3, 0.4) is 0 Å². The van der Waals surface area contributed by atoms with Crippen LogP contribution in [0.25, 0.3) is 16.6 Å². The first-order valence-electron chi connectivity index (χ1n) is 8.94. The highest BCUT2D eigenvalue weighted by Gasteiger charge is 2.29. The molecular weight excluding hydrogens is 358 g/mol. The van der Waals surface area contributed by atoms with Crippen molar-refractivity contribution < 1.29 is 18.8 Å². The maximum absolute atomic E-state index is 14.7. The molecule has 0 aliphatic carbocycles. The largest absolute Gasteiger partial charge is 0.491 e. The molecule has 0 unspecified atom stereocenters. The molecule has 3 heterocycles. The fourth-order valence-corrected chi connectivity index (χ4v) is 3.49. The highest BCUT2D eigenvalue weighted by atomic mass is 19.1. The molecule has 1 aliphatic heterocycles. The van der Waals surface area contributed by atoms with Gasteiger partial charge < -0.3 is 19.0 Å². The number of halogens is 1. The fraction of sp³-hybridized carbons (Fsp3) is 0.0952. The Labute approximate surface area is 161 Å². The van der Waals surface area contributed by atoms with Gasteiger partial charge in [0.2, 0.25) is 0 Å². The summed E-state index contributed by atoms with van der Waals surface area (Å²) in [6.07, 6.45) is 5.30. The maximum Gasteiger partial charge on any atom is 0.491 e. The Kier molecular flexibility index (Phi) is 4.11. The highest BCUT2D eigenvalue weighted by Crippen LogP contribution is 2.27. The summed E-state index contributed by atoms with van der Waals surface area (Å²) in [5.74, 6) is 0.373. The number of ether oxygens (including phenoxy) is 1. The summed E-state index contributed by atoms with van der Waals surface area (Å²) < 4.78 is 27.4. The van der Waals surface area contributed by atoms with Crippen molar-refractivity contribution in [3.05, 3.63) is 84.1 Å². The van der Waals surface area contributed by atoms with Crippen molar-refractivity contribution in [2.24, 2.45) is 0 Å². The number of fused-ring (bicyclic) bond motifs is 2. The van der Waals surface area contributed by atoms with E-state index in [-0.39, 0.29) is 12.4 Å². The fourth-order valence-electron chi connectivity index (χ4n) is 3.49. The Hall–Kier alpha value is -3.16. The van der Waals surface area contributed by atoms with Gasteiger partial charge in [0, 0.05) is 29.5 Å². The lowest BCUT2D eigenvalue weighted by molar-refractivity contribution is 0.275. The van der Waals surface area contributed by atoms with Crippen molar-refractivity contribution >= 4 is 23.5 Å². The summed E-state index contributed by atoms with van der Waals surface area (Å²) in [7, 11) is -1.01. The summed E-state index contributed by atoms with van der Waals surface area (Å²) in [4.78, 5) is 4.08. The Morgan fingerprint density at radius 1 is 1.21 bits per heavy atom. The molecule has 4 aromatic rings.